The summed E-state index contributed by atoms with van der Waals surface area (Å²) in [5, 5.41) is 4.81. The van der Waals surface area contributed by atoms with Crippen molar-refractivity contribution in [1.29, 1.82) is 0 Å². The first kappa shape index (κ1) is 45.0. The topological polar surface area (TPSA) is 21.3 Å². The lowest BCUT2D eigenvalue weighted by atomic mass is 9.65. The Labute approximate surface area is 479 Å². The van der Waals surface area contributed by atoms with Gasteiger partial charge in [0, 0.05) is 44.0 Å². The molecule has 0 fully saturated rings. The molecule has 83 heavy (non-hydrogen) atoms. The standard InChI is InChI=1S/C80H48N2O/c1-7-30-64-55(21-1)56-22-2-8-31-65(56)79(64)67-33-10-4-26-63(67)76-69(79)35-18-39-74(76)81(52-44-41-49(42-45-52)54-27-16-29-62-60-25-6-14-40-75(60)83-78(54)62)53-20-15-19-50(47-53)51-43-46-58-57-23-3-9-32-66(57)80(71(58)48-51)68-34-11-13-38-73(68)82-72-37-12-5-24-59(72)61-28-17-36-70(80)77(61)82/h1-48H. The van der Waals surface area contributed by atoms with E-state index in [0.29, 0.717) is 0 Å². The van der Waals surface area contributed by atoms with Gasteiger partial charge in [-0.2, -0.15) is 0 Å². The van der Waals surface area contributed by atoms with E-state index in [1.165, 1.54) is 111 Å². The van der Waals surface area contributed by atoms with E-state index in [0.717, 1.165) is 55.7 Å². The van der Waals surface area contributed by atoms with Crippen LogP contribution < -0.4 is 4.90 Å². The van der Waals surface area contributed by atoms with Gasteiger partial charge in [-0.3, -0.25) is 0 Å². The van der Waals surface area contributed by atoms with E-state index >= 15 is 0 Å². The van der Waals surface area contributed by atoms with Gasteiger partial charge in [0.25, 0.3) is 0 Å². The number of rotatable bonds is 5. The third-order valence-corrected chi connectivity index (χ3v) is 19.2. The van der Waals surface area contributed by atoms with Gasteiger partial charge in [0.2, 0.25) is 0 Å². The zero-order chi connectivity index (χ0) is 54.1. The Kier molecular flexibility index (Phi) is 8.92. The van der Waals surface area contributed by atoms with Crippen LogP contribution in [0.2, 0.25) is 0 Å². The van der Waals surface area contributed by atoms with Crippen LogP contribution in [0.25, 0.3) is 105 Å². The molecule has 0 saturated carbocycles. The van der Waals surface area contributed by atoms with Gasteiger partial charge < -0.3 is 13.9 Å². The van der Waals surface area contributed by atoms with Crippen LogP contribution >= 0.6 is 0 Å². The van der Waals surface area contributed by atoms with Crippen LogP contribution in [-0.2, 0) is 10.8 Å². The molecule has 0 bridgehead atoms. The van der Waals surface area contributed by atoms with Crippen LogP contribution in [0.4, 0.5) is 17.1 Å². The molecular weight excluding hydrogens is 1000 g/mol. The average Bonchev–Trinajstić information content (AvgIpc) is 1.68. The van der Waals surface area contributed by atoms with E-state index in [1.807, 2.05) is 6.07 Å². The lowest BCUT2D eigenvalue weighted by Gasteiger charge is -2.39. The minimum absolute atomic E-state index is 0.494. The highest BCUT2D eigenvalue weighted by molar-refractivity contribution is 6.13. The van der Waals surface area contributed by atoms with Crippen LogP contribution in [0, 0.1) is 0 Å². The van der Waals surface area contributed by atoms with E-state index in [1.54, 1.807) is 0 Å². The summed E-state index contributed by atoms with van der Waals surface area (Å²) in [6.45, 7) is 0. The molecular formula is C80H48N2O. The Morgan fingerprint density at radius 1 is 0.301 bits per heavy atom. The Morgan fingerprint density at radius 2 is 0.819 bits per heavy atom. The molecule has 1 atom stereocenters. The summed E-state index contributed by atoms with van der Waals surface area (Å²) >= 11 is 0. The first-order valence-corrected chi connectivity index (χ1v) is 28.9. The van der Waals surface area contributed by atoms with E-state index in [9.17, 15) is 0 Å². The second-order valence-electron chi connectivity index (χ2n) is 22.9. The molecule has 0 radical (unpaired) electrons. The molecule has 13 aromatic carbocycles. The number of hydrogen-bond donors (Lipinski definition) is 0. The average molecular weight is 1050 g/mol. The quantitative estimate of drug-likeness (QED) is 0.171. The van der Waals surface area contributed by atoms with Gasteiger partial charge in [-0.05, 0) is 144 Å². The lowest BCUT2D eigenvalue weighted by Crippen LogP contribution is -2.33. The molecule has 0 saturated heterocycles. The van der Waals surface area contributed by atoms with Crippen LogP contribution in [0.1, 0.15) is 44.5 Å². The monoisotopic (exact) mass is 1050 g/mol. The zero-order valence-electron chi connectivity index (χ0n) is 45.0. The third kappa shape index (κ3) is 5.68. The Balaban J connectivity index is 0.832. The molecule has 3 heteroatoms. The maximum Gasteiger partial charge on any atom is 0.143 e. The number of nitrogens with zero attached hydrogens (tertiary/aromatic N) is 2. The largest absolute Gasteiger partial charge is 0.455 e. The molecule has 0 N–H and O–H groups in total. The fraction of sp³-hybridized carbons (Fsp3) is 0.0250. The second kappa shape index (κ2) is 16.4. The summed E-state index contributed by atoms with van der Waals surface area (Å²) in [5.41, 5.74) is 30.4. The summed E-state index contributed by atoms with van der Waals surface area (Å²) in [6.07, 6.45) is 0. The van der Waals surface area contributed by atoms with Crippen LogP contribution in [-0.4, -0.2) is 4.57 Å². The Hall–Kier alpha value is -10.7. The summed E-state index contributed by atoms with van der Waals surface area (Å²) in [4.78, 5) is 2.51. The summed E-state index contributed by atoms with van der Waals surface area (Å²) in [6, 6.07) is 109. The molecule has 4 aliphatic rings. The van der Waals surface area contributed by atoms with Gasteiger partial charge in [0.05, 0.1) is 33.2 Å². The number of aromatic nitrogens is 1. The minimum atomic E-state index is -0.564. The van der Waals surface area contributed by atoms with Gasteiger partial charge in [0.1, 0.15) is 11.2 Å². The maximum atomic E-state index is 6.62. The van der Waals surface area contributed by atoms with Gasteiger partial charge in [0.15, 0.2) is 0 Å². The van der Waals surface area contributed by atoms with Crippen molar-refractivity contribution in [3.05, 3.63) is 336 Å². The normalized spacial score (nSPS) is 15.1. The van der Waals surface area contributed by atoms with Gasteiger partial charge >= 0.3 is 0 Å². The number of hydrogen-bond acceptors (Lipinski definition) is 2. The number of anilines is 3. The summed E-state index contributed by atoms with van der Waals surface area (Å²) < 4.78 is 9.15. The second-order valence-corrected chi connectivity index (χ2v) is 22.9. The third-order valence-electron chi connectivity index (χ3n) is 19.2. The predicted molar refractivity (Wildman–Crippen MR) is 341 cm³/mol. The molecule has 15 aromatic rings. The molecule has 3 aliphatic carbocycles. The molecule has 19 rings (SSSR count). The Bertz CT molecular complexity index is 5260. The van der Waals surface area contributed by atoms with Crippen molar-refractivity contribution in [1.82, 2.24) is 4.57 Å². The van der Waals surface area contributed by atoms with Crippen molar-refractivity contribution in [3.8, 4) is 61.3 Å². The molecule has 2 spiro atoms. The van der Waals surface area contributed by atoms with Crippen LogP contribution in [0.3, 0.4) is 0 Å². The van der Waals surface area contributed by atoms with Gasteiger partial charge in [-0.1, -0.05) is 237 Å². The summed E-state index contributed by atoms with van der Waals surface area (Å²) in [5.74, 6) is 0. The number of benzene rings is 13. The van der Waals surface area contributed by atoms with Crippen LogP contribution in [0.15, 0.2) is 296 Å². The summed E-state index contributed by atoms with van der Waals surface area (Å²) in [7, 11) is 0. The fourth-order valence-electron chi connectivity index (χ4n) is 16.1. The highest BCUT2D eigenvalue weighted by Crippen LogP contribution is 2.66. The molecule has 384 valence electrons. The fourth-order valence-corrected chi connectivity index (χ4v) is 16.1. The molecule has 3 heterocycles. The maximum absolute atomic E-state index is 6.62. The van der Waals surface area contributed by atoms with Crippen molar-refractivity contribution in [2.75, 3.05) is 4.90 Å². The zero-order valence-corrected chi connectivity index (χ0v) is 45.0. The lowest BCUT2D eigenvalue weighted by molar-refractivity contribution is 0.670. The molecule has 3 nitrogen and oxygen atoms in total. The van der Waals surface area contributed by atoms with E-state index < -0.39 is 10.8 Å². The molecule has 1 unspecified atom stereocenters. The number of furan rings is 1. The first-order valence-electron chi connectivity index (χ1n) is 28.9. The van der Waals surface area contributed by atoms with E-state index in [2.05, 4.69) is 295 Å². The number of fused-ring (bicyclic) bond motifs is 25. The smallest absolute Gasteiger partial charge is 0.143 e. The molecule has 1 aliphatic heterocycles. The SMILES string of the molecule is c1cc(-c2ccc3c(c2)C2(c4ccccc4-3)c3ccccc3-n3c4ccccc4c4cccc2c43)cc(N(c2ccc(-c3cccc4c3oc3ccccc34)cc2)c2cccc3c2-c2ccccc2C32c3ccccc3-c3ccccc32)c1. The van der Waals surface area contributed by atoms with Crippen molar-refractivity contribution in [2.45, 2.75) is 10.8 Å². The van der Waals surface area contributed by atoms with E-state index in [-0.39, 0.29) is 0 Å². The molecule has 2 aromatic heterocycles. The van der Waals surface area contributed by atoms with E-state index in [4.69, 9.17) is 4.42 Å². The molecule has 0 amide bonds. The van der Waals surface area contributed by atoms with Crippen molar-refractivity contribution >= 4 is 60.8 Å². The highest BCUT2D eigenvalue weighted by atomic mass is 16.3. The van der Waals surface area contributed by atoms with Crippen molar-refractivity contribution in [2.24, 2.45) is 0 Å². The first-order chi connectivity index (χ1) is 41.2. The minimum Gasteiger partial charge on any atom is -0.455 e. The van der Waals surface area contributed by atoms with Crippen molar-refractivity contribution < 1.29 is 4.42 Å². The number of para-hydroxylation sites is 5. The van der Waals surface area contributed by atoms with Crippen LogP contribution in [0.5, 0.6) is 0 Å². The Morgan fingerprint density at radius 3 is 1.59 bits per heavy atom. The van der Waals surface area contributed by atoms with Gasteiger partial charge in [-0.15, -0.1) is 0 Å². The van der Waals surface area contributed by atoms with Gasteiger partial charge in [-0.25, -0.2) is 0 Å². The highest BCUT2D eigenvalue weighted by Gasteiger charge is 2.53. The predicted octanol–water partition coefficient (Wildman–Crippen LogP) is 20.5. The van der Waals surface area contributed by atoms with Crippen molar-refractivity contribution in [3.63, 3.8) is 0 Å².